The number of hydrogen-bond acceptors (Lipinski definition) is 4. The molecule has 6 heteroatoms. The Bertz CT molecular complexity index is 911. The second-order valence-electron chi connectivity index (χ2n) is 7.74. The molecule has 2 aromatic rings. The Hall–Kier alpha value is -2.60. The molecular weight excluding hydrogens is 382 g/mol. The van der Waals surface area contributed by atoms with E-state index < -0.39 is 0 Å². The Kier molecular flexibility index (Phi) is 6.00. The smallest absolute Gasteiger partial charge is 0.257 e. The second kappa shape index (κ2) is 8.82. The summed E-state index contributed by atoms with van der Waals surface area (Å²) in [5.41, 5.74) is 3.23. The maximum absolute atomic E-state index is 12.6. The fraction of sp³-hybridized carbons (Fsp3) is 0.348. The van der Waals surface area contributed by atoms with E-state index in [9.17, 15) is 9.59 Å². The van der Waals surface area contributed by atoms with Crippen LogP contribution in [0.5, 0.6) is 0 Å². The van der Waals surface area contributed by atoms with Crippen molar-refractivity contribution in [2.45, 2.75) is 44.0 Å². The van der Waals surface area contributed by atoms with Crippen molar-refractivity contribution in [1.29, 1.82) is 0 Å². The number of pyridine rings is 1. The molecule has 2 heterocycles. The Labute approximate surface area is 175 Å². The average molecular weight is 408 g/mol. The van der Waals surface area contributed by atoms with E-state index in [-0.39, 0.29) is 23.8 Å². The minimum atomic E-state index is -0.0588. The van der Waals surface area contributed by atoms with E-state index in [0.29, 0.717) is 18.2 Å². The zero-order chi connectivity index (χ0) is 20.2. The molecule has 1 aromatic heterocycles. The van der Waals surface area contributed by atoms with Crippen LogP contribution < -0.4 is 10.6 Å². The number of carbonyl (C=O) groups is 2. The molecule has 4 rings (SSSR count). The number of nitrogens with one attached hydrogen (secondary N) is 2. The monoisotopic (exact) mass is 407 g/mol. The molecule has 2 fully saturated rings. The van der Waals surface area contributed by atoms with Crippen LogP contribution in [0.15, 0.2) is 53.7 Å². The van der Waals surface area contributed by atoms with E-state index in [0.717, 1.165) is 28.9 Å². The summed E-state index contributed by atoms with van der Waals surface area (Å²) in [5, 5.41) is 6.48. The molecule has 1 saturated carbocycles. The third-order valence-corrected chi connectivity index (χ3v) is 6.97. The number of aryl methyl sites for hydroxylation is 1. The number of carbonyl (C=O) groups excluding carboxylic acids is 2. The van der Waals surface area contributed by atoms with E-state index in [1.54, 1.807) is 24.2 Å². The normalized spacial score (nSPS) is 25.2. The number of hydrogen-bond donors (Lipinski definition) is 2. The highest BCUT2D eigenvalue weighted by atomic mass is 32.2. The zero-order valence-electron chi connectivity index (χ0n) is 16.4. The standard InChI is InChI=1S/C23H25N3O2S/c1-15-4-6-16(7-5-15)11-21-23(28)26-19-12-18(8-9-20(19)29-21)22(27)25-14-17-3-2-10-24-13-17/h2-7,10-11,13,18-20H,8-9,12,14H2,1H3,(H,25,27)(H,26,28)/b21-11+. The lowest BCUT2D eigenvalue weighted by Gasteiger charge is -2.39. The third kappa shape index (κ3) is 4.88. The first-order valence-electron chi connectivity index (χ1n) is 10.0. The number of nitrogens with zero attached hydrogens (tertiary/aromatic N) is 1. The van der Waals surface area contributed by atoms with Crippen molar-refractivity contribution in [3.8, 4) is 0 Å². The summed E-state index contributed by atoms with van der Waals surface area (Å²) >= 11 is 1.66. The van der Waals surface area contributed by atoms with Gasteiger partial charge in [0.15, 0.2) is 0 Å². The molecule has 0 radical (unpaired) electrons. The molecule has 1 aromatic carbocycles. The summed E-state index contributed by atoms with van der Waals surface area (Å²) in [4.78, 5) is 30.0. The quantitative estimate of drug-likeness (QED) is 0.762. The van der Waals surface area contributed by atoms with Gasteiger partial charge in [-0.2, -0.15) is 0 Å². The molecular formula is C23H25N3O2S. The van der Waals surface area contributed by atoms with Gasteiger partial charge in [0.2, 0.25) is 5.91 Å². The molecule has 2 aliphatic rings. The maximum atomic E-state index is 12.6. The maximum Gasteiger partial charge on any atom is 0.257 e. The molecule has 3 atom stereocenters. The van der Waals surface area contributed by atoms with Crippen molar-refractivity contribution in [1.82, 2.24) is 15.6 Å². The molecule has 150 valence electrons. The van der Waals surface area contributed by atoms with Gasteiger partial charge in [-0.1, -0.05) is 35.9 Å². The number of aromatic nitrogens is 1. The van der Waals surface area contributed by atoms with E-state index in [1.807, 2.05) is 30.3 Å². The van der Waals surface area contributed by atoms with Crippen molar-refractivity contribution in [2.75, 3.05) is 0 Å². The van der Waals surface area contributed by atoms with Gasteiger partial charge in [-0.3, -0.25) is 14.6 Å². The average Bonchev–Trinajstić information content (AvgIpc) is 2.74. The van der Waals surface area contributed by atoms with Crippen LogP contribution in [0.4, 0.5) is 0 Å². The highest BCUT2D eigenvalue weighted by Gasteiger charge is 2.39. The predicted octanol–water partition coefficient (Wildman–Crippen LogP) is 3.45. The fourth-order valence-corrected chi connectivity index (χ4v) is 5.17. The molecule has 5 nitrogen and oxygen atoms in total. The number of rotatable bonds is 4. The lowest BCUT2D eigenvalue weighted by atomic mass is 9.84. The van der Waals surface area contributed by atoms with Gasteiger partial charge < -0.3 is 10.6 Å². The van der Waals surface area contributed by atoms with E-state index in [2.05, 4.69) is 34.7 Å². The van der Waals surface area contributed by atoms with Crippen LogP contribution >= 0.6 is 11.8 Å². The highest BCUT2D eigenvalue weighted by molar-refractivity contribution is 8.04. The molecule has 1 saturated heterocycles. The highest BCUT2D eigenvalue weighted by Crippen LogP contribution is 2.39. The summed E-state index contributed by atoms with van der Waals surface area (Å²) in [6, 6.07) is 12.0. The zero-order valence-corrected chi connectivity index (χ0v) is 17.2. The van der Waals surface area contributed by atoms with E-state index in [4.69, 9.17) is 0 Å². The lowest BCUT2D eigenvalue weighted by Crippen LogP contribution is -2.51. The third-order valence-electron chi connectivity index (χ3n) is 5.54. The lowest BCUT2D eigenvalue weighted by molar-refractivity contribution is -0.127. The first-order valence-corrected chi connectivity index (χ1v) is 10.9. The Morgan fingerprint density at radius 1 is 1.28 bits per heavy atom. The van der Waals surface area contributed by atoms with E-state index >= 15 is 0 Å². The van der Waals surface area contributed by atoms with Crippen LogP contribution in [0.25, 0.3) is 6.08 Å². The summed E-state index contributed by atoms with van der Waals surface area (Å²) < 4.78 is 0. The minimum absolute atomic E-state index is 0.0340. The van der Waals surface area contributed by atoms with Gasteiger partial charge in [0, 0.05) is 36.1 Å². The molecule has 29 heavy (non-hydrogen) atoms. The SMILES string of the molecule is Cc1ccc(/C=C2/SC3CCC(C(=O)NCc4cccnc4)CC3NC2=O)cc1. The van der Waals surface area contributed by atoms with Crippen molar-refractivity contribution < 1.29 is 9.59 Å². The first-order chi connectivity index (χ1) is 14.1. The van der Waals surface area contributed by atoms with Crippen LogP contribution in [0.2, 0.25) is 0 Å². The Balaban J connectivity index is 1.35. The number of amides is 2. The van der Waals surface area contributed by atoms with Gasteiger partial charge in [0.1, 0.15) is 0 Å². The molecule has 1 aliphatic heterocycles. The number of thioether (sulfide) groups is 1. The van der Waals surface area contributed by atoms with Gasteiger partial charge in [0.25, 0.3) is 5.91 Å². The Morgan fingerprint density at radius 2 is 2.10 bits per heavy atom. The van der Waals surface area contributed by atoms with Crippen molar-refractivity contribution in [3.05, 3.63) is 70.4 Å². The molecule has 2 N–H and O–H groups in total. The van der Waals surface area contributed by atoms with Gasteiger partial charge in [0.05, 0.1) is 4.91 Å². The number of fused-ring (bicyclic) bond motifs is 1. The first kappa shape index (κ1) is 19.7. The number of benzene rings is 1. The predicted molar refractivity (Wildman–Crippen MR) is 116 cm³/mol. The largest absolute Gasteiger partial charge is 0.352 e. The van der Waals surface area contributed by atoms with Gasteiger partial charge >= 0.3 is 0 Å². The summed E-state index contributed by atoms with van der Waals surface area (Å²) in [6.45, 7) is 2.54. The summed E-state index contributed by atoms with van der Waals surface area (Å²) in [5.74, 6) is -0.0303. The van der Waals surface area contributed by atoms with Gasteiger partial charge in [-0.25, -0.2) is 0 Å². The van der Waals surface area contributed by atoms with Crippen LogP contribution in [0.1, 0.15) is 36.0 Å². The fourth-order valence-electron chi connectivity index (χ4n) is 3.88. The molecule has 3 unspecified atom stereocenters. The minimum Gasteiger partial charge on any atom is -0.352 e. The van der Waals surface area contributed by atoms with Crippen molar-refractivity contribution >= 4 is 29.7 Å². The molecule has 0 spiro atoms. The topological polar surface area (TPSA) is 71.1 Å². The van der Waals surface area contributed by atoms with Crippen molar-refractivity contribution in [3.63, 3.8) is 0 Å². The summed E-state index contributed by atoms with van der Waals surface area (Å²) in [6.07, 6.45) is 7.91. The van der Waals surface area contributed by atoms with Crippen LogP contribution in [0, 0.1) is 12.8 Å². The molecule has 0 bridgehead atoms. The van der Waals surface area contributed by atoms with Crippen LogP contribution in [-0.4, -0.2) is 28.1 Å². The van der Waals surface area contributed by atoms with Crippen LogP contribution in [0.3, 0.4) is 0 Å². The van der Waals surface area contributed by atoms with Gasteiger partial charge in [-0.05, 0) is 49.5 Å². The van der Waals surface area contributed by atoms with E-state index in [1.165, 1.54) is 5.56 Å². The van der Waals surface area contributed by atoms with Crippen molar-refractivity contribution in [2.24, 2.45) is 5.92 Å². The molecule has 1 aliphatic carbocycles. The second-order valence-corrected chi connectivity index (χ2v) is 9.03. The van der Waals surface area contributed by atoms with Gasteiger partial charge in [-0.15, -0.1) is 11.8 Å². The van der Waals surface area contributed by atoms with Crippen LogP contribution in [-0.2, 0) is 16.1 Å². The Morgan fingerprint density at radius 3 is 2.86 bits per heavy atom. The summed E-state index contributed by atoms with van der Waals surface area (Å²) in [7, 11) is 0. The molecule has 2 amide bonds.